The molecule has 0 aliphatic heterocycles. The van der Waals surface area contributed by atoms with Crippen LogP contribution in [-0.2, 0) is 12.8 Å². The number of rotatable bonds is 9. The number of nitrogens with zero attached hydrogens (tertiary/aromatic N) is 3. The monoisotopic (exact) mass is 504 g/mol. The Labute approximate surface area is 213 Å². The Morgan fingerprint density at radius 2 is 1.89 bits per heavy atom. The molecular formula is C27H28N4O4S. The van der Waals surface area contributed by atoms with Crippen LogP contribution in [0.25, 0.3) is 22.2 Å². The lowest BCUT2D eigenvalue weighted by molar-refractivity contribution is -0.487. The molecule has 1 aliphatic rings. The summed E-state index contributed by atoms with van der Waals surface area (Å²) < 4.78 is 11.7. The summed E-state index contributed by atoms with van der Waals surface area (Å²) in [5.41, 5.74) is 6.49. The van der Waals surface area contributed by atoms with Gasteiger partial charge in [-0.3, -0.25) is 15.1 Å². The smallest absolute Gasteiger partial charge is 0.207 e. The van der Waals surface area contributed by atoms with Crippen LogP contribution in [0.5, 0.6) is 11.5 Å². The highest BCUT2D eigenvalue weighted by Crippen LogP contribution is 2.42. The third-order valence-electron chi connectivity index (χ3n) is 6.27. The Bertz CT molecular complexity index is 1440. The van der Waals surface area contributed by atoms with Crippen LogP contribution in [0, 0.1) is 23.0 Å². The van der Waals surface area contributed by atoms with E-state index in [-0.39, 0.29) is 17.4 Å². The Hall–Kier alpha value is -3.72. The topological polar surface area (TPSA) is 99.4 Å². The molecule has 1 atom stereocenters. The predicted molar refractivity (Wildman–Crippen MR) is 142 cm³/mol. The van der Waals surface area contributed by atoms with Crippen LogP contribution in [0.15, 0.2) is 41.8 Å². The van der Waals surface area contributed by atoms with Crippen molar-refractivity contribution in [1.82, 2.24) is 9.97 Å². The first kappa shape index (κ1) is 24.0. The van der Waals surface area contributed by atoms with Gasteiger partial charge in [-0.05, 0) is 57.4 Å². The van der Waals surface area contributed by atoms with Gasteiger partial charge in [-0.15, -0.1) is 11.3 Å². The molecular weight excluding hydrogens is 476 g/mol. The zero-order valence-electron chi connectivity index (χ0n) is 20.5. The van der Waals surface area contributed by atoms with Crippen molar-refractivity contribution >= 4 is 33.6 Å². The first-order valence-electron chi connectivity index (χ1n) is 12.1. The minimum Gasteiger partial charge on any atom is -0.490 e. The number of nitrogens with one attached hydrogen (secondary N) is 1. The van der Waals surface area contributed by atoms with Crippen molar-refractivity contribution < 1.29 is 14.4 Å². The quantitative estimate of drug-likeness (QED) is 0.214. The molecule has 186 valence electrons. The van der Waals surface area contributed by atoms with Gasteiger partial charge in [-0.25, -0.2) is 4.98 Å². The molecule has 5 rings (SSSR count). The fourth-order valence-electron chi connectivity index (χ4n) is 4.80. The number of aryl methyl sites for hydroxylation is 1. The van der Waals surface area contributed by atoms with E-state index in [1.54, 1.807) is 11.3 Å². The van der Waals surface area contributed by atoms with Gasteiger partial charge in [0.1, 0.15) is 0 Å². The highest BCUT2D eigenvalue weighted by molar-refractivity contribution is 7.09. The lowest BCUT2D eigenvalue weighted by atomic mass is 10.0. The Balaban J connectivity index is 1.63. The van der Waals surface area contributed by atoms with E-state index in [2.05, 4.69) is 21.7 Å². The first-order valence-corrected chi connectivity index (χ1v) is 13.0. The molecule has 0 amide bonds. The standard InChI is InChI=1S/C27H28N4O4S/c1-4-34-25-12-21-23(13-26(25)35-5-2)30-22-10-17(14-31(32)33)9-20(22)27(21)29-19-8-6-7-18(11-19)24-15-36-16(3)28-24/h6-8,11-13,15,17H,4-5,9-10,14H2,1-3H3,(H,29,30)/t17-/m0/s1. The molecule has 9 heteroatoms. The molecule has 0 saturated carbocycles. The van der Waals surface area contributed by atoms with E-state index >= 15 is 0 Å². The van der Waals surface area contributed by atoms with E-state index in [0.717, 1.165) is 49.8 Å². The molecule has 2 aromatic carbocycles. The highest BCUT2D eigenvalue weighted by Gasteiger charge is 2.30. The maximum atomic E-state index is 11.3. The molecule has 0 spiro atoms. The van der Waals surface area contributed by atoms with E-state index in [1.807, 2.05) is 51.1 Å². The van der Waals surface area contributed by atoms with Gasteiger partial charge < -0.3 is 14.8 Å². The molecule has 0 bridgehead atoms. The molecule has 0 unspecified atom stereocenters. The van der Waals surface area contributed by atoms with Crippen molar-refractivity contribution in [2.75, 3.05) is 25.1 Å². The van der Waals surface area contributed by atoms with Crippen molar-refractivity contribution in [2.24, 2.45) is 5.92 Å². The van der Waals surface area contributed by atoms with Crippen LogP contribution >= 0.6 is 11.3 Å². The van der Waals surface area contributed by atoms with Crippen LogP contribution < -0.4 is 14.8 Å². The highest BCUT2D eigenvalue weighted by atomic mass is 32.1. The summed E-state index contributed by atoms with van der Waals surface area (Å²) in [6.45, 7) is 6.81. The maximum absolute atomic E-state index is 11.3. The fourth-order valence-corrected chi connectivity index (χ4v) is 5.42. The van der Waals surface area contributed by atoms with Crippen molar-refractivity contribution in [3.05, 3.63) is 68.2 Å². The van der Waals surface area contributed by atoms with Crippen LogP contribution in [-0.4, -0.2) is 34.6 Å². The minimum absolute atomic E-state index is 0.0702. The lowest BCUT2D eigenvalue weighted by Gasteiger charge is -2.18. The molecule has 1 aliphatic carbocycles. The summed E-state index contributed by atoms with van der Waals surface area (Å²) in [5.74, 6) is 1.22. The van der Waals surface area contributed by atoms with Crippen molar-refractivity contribution in [3.8, 4) is 22.8 Å². The Morgan fingerprint density at radius 3 is 2.58 bits per heavy atom. The third-order valence-corrected chi connectivity index (χ3v) is 7.04. The number of anilines is 2. The van der Waals surface area contributed by atoms with Crippen LogP contribution in [0.2, 0.25) is 0 Å². The van der Waals surface area contributed by atoms with Crippen molar-refractivity contribution in [3.63, 3.8) is 0 Å². The van der Waals surface area contributed by atoms with E-state index < -0.39 is 0 Å². The van der Waals surface area contributed by atoms with Gasteiger partial charge in [-0.2, -0.15) is 0 Å². The number of fused-ring (bicyclic) bond motifs is 2. The van der Waals surface area contributed by atoms with Gasteiger partial charge in [0.25, 0.3) is 0 Å². The average molecular weight is 505 g/mol. The SMILES string of the molecule is CCOc1cc2nc3c(c(Nc4cccc(-c5csc(C)n5)c4)c2cc1OCC)C[C@H](C[N+](=O)[O-])C3. The molecule has 0 saturated heterocycles. The zero-order chi connectivity index (χ0) is 25.2. The zero-order valence-corrected chi connectivity index (χ0v) is 21.4. The van der Waals surface area contributed by atoms with Crippen LogP contribution in [0.4, 0.5) is 11.4 Å². The average Bonchev–Trinajstić information content (AvgIpc) is 3.45. The first-order chi connectivity index (χ1) is 17.4. The molecule has 1 N–H and O–H groups in total. The number of aromatic nitrogens is 2. The lowest BCUT2D eigenvalue weighted by Crippen LogP contribution is -2.14. The number of benzene rings is 2. The molecule has 2 aromatic heterocycles. The molecule has 8 nitrogen and oxygen atoms in total. The minimum atomic E-state index is -0.233. The van der Waals surface area contributed by atoms with E-state index in [1.165, 1.54) is 0 Å². The molecule has 0 radical (unpaired) electrons. The number of hydrogen-bond donors (Lipinski definition) is 1. The normalized spacial score (nSPS) is 14.6. The molecule has 0 fully saturated rings. The molecule has 2 heterocycles. The largest absolute Gasteiger partial charge is 0.490 e. The second-order valence-corrected chi connectivity index (χ2v) is 9.90. The van der Waals surface area contributed by atoms with E-state index in [4.69, 9.17) is 14.5 Å². The summed E-state index contributed by atoms with van der Waals surface area (Å²) in [5, 5.41) is 18.9. The number of pyridine rings is 1. The maximum Gasteiger partial charge on any atom is 0.207 e. The molecule has 4 aromatic rings. The second-order valence-electron chi connectivity index (χ2n) is 8.84. The van der Waals surface area contributed by atoms with Crippen molar-refractivity contribution in [2.45, 2.75) is 33.6 Å². The van der Waals surface area contributed by atoms with Crippen LogP contribution in [0.1, 0.15) is 30.1 Å². The van der Waals surface area contributed by atoms with Gasteiger partial charge in [0.15, 0.2) is 11.5 Å². The number of nitro groups is 1. The van der Waals surface area contributed by atoms with Crippen LogP contribution in [0.3, 0.4) is 0 Å². The van der Waals surface area contributed by atoms with Gasteiger partial charge in [0, 0.05) is 44.6 Å². The summed E-state index contributed by atoms with van der Waals surface area (Å²) in [6, 6.07) is 12.0. The van der Waals surface area contributed by atoms with Crippen molar-refractivity contribution in [1.29, 1.82) is 0 Å². The Kier molecular flexibility index (Phi) is 6.73. The van der Waals surface area contributed by atoms with E-state index in [0.29, 0.717) is 37.6 Å². The summed E-state index contributed by atoms with van der Waals surface area (Å²) in [6.07, 6.45) is 1.18. The Morgan fingerprint density at radius 1 is 1.11 bits per heavy atom. The molecule has 36 heavy (non-hydrogen) atoms. The fraction of sp³-hybridized carbons (Fsp3) is 0.333. The summed E-state index contributed by atoms with van der Waals surface area (Å²) in [4.78, 5) is 20.6. The number of hydrogen-bond acceptors (Lipinski definition) is 8. The second kappa shape index (κ2) is 10.1. The summed E-state index contributed by atoms with van der Waals surface area (Å²) in [7, 11) is 0. The van der Waals surface area contributed by atoms with Gasteiger partial charge in [-0.1, -0.05) is 12.1 Å². The van der Waals surface area contributed by atoms with E-state index in [9.17, 15) is 10.1 Å². The number of thiazole rings is 1. The van der Waals surface area contributed by atoms with Gasteiger partial charge >= 0.3 is 0 Å². The summed E-state index contributed by atoms with van der Waals surface area (Å²) >= 11 is 1.62. The van der Waals surface area contributed by atoms with Gasteiger partial charge in [0.2, 0.25) is 6.54 Å². The predicted octanol–water partition coefficient (Wildman–Crippen LogP) is 6.20. The van der Waals surface area contributed by atoms with Gasteiger partial charge in [0.05, 0.1) is 35.1 Å². The number of ether oxygens (including phenoxy) is 2. The third kappa shape index (κ3) is 4.83.